The fourth-order valence-corrected chi connectivity index (χ4v) is 4.65. The predicted molar refractivity (Wildman–Crippen MR) is 125 cm³/mol. The van der Waals surface area contributed by atoms with Gasteiger partial charge < -0.3 is 14.8 Å². The number of esters is 1. The molecule has 3 rings (SSSR count). The fourth-order valence-electron chi connectivity index (χ4n) is 3.21. The van der Waals surface area contributed by atoms with E-state index in [0.717, 1.165) is 4.31 Å². The fraction of sp³-hybridized carbons (Fsp3) is 0.167. The first-order chi connectivity index (χ1) is 15.8. The normalized spacial score (nSPS) is 10.9. The first-order valence-corrected chi connectivity index (χ1v) is 11.4. The first kappa shape index (κ1) is 23.8. The minimum Gasteiger partial charge on any atom is -0.497 e. The minimum absolute atomic E-state index is 0.0532. The summed E-state index contributed by atoms with van der Waals surface area (Å²) in [5.41, 5.74) is 1.50. The van der Waals surface area contributed by atoms with Crippen LogP contribution in [0.1, 0.15) is 15.9 Å². The quantitative estimate of drug-likeness (QED) is 0.507. The third kappa shape index (κ3) is 5.32. The number of carbonyl (C=O) groups is 2. The molecule has 3 aromatic carbocycles. The van der Waals surface area contributed by atoms with E-state index in [1.54, 1.807) is 67.6 Å². The number of carbonyl (C=O) groups excluding carboxylic acids is 2. The van der Waals surface area contributed by atoms with Gasteiger partial charge in [0.05, 0.1) is 30.4 Å². The number of nitrogens with one attached hydrogen (secondary N) is 1. The third-order valence-corrected chi connectivity index (χ3v) is 6.78. The highest BCUT2D eigenvalue weighted by molar-refractivity contribution is 7.92. The van der Waals surface area contributed by atoms with E-state index in [4.69, 9.17) is 9.47 Å². The maximum absolute atomic E-state index is 13.4. The Morgan fingerprint density at radius 3 is 2.18 bits per heavy atom. The lowest BCUT2D eigenvalue weighted by atomic mass is 10.1. The third-order valence-electron chi connectivity index (χ3n) is 4.99. The molecule has 0 heterocycles. The molecule has 0 spiro atoms. The van der Waals surface area contributed by atoms with Gasteiger partial charge in [-0.1, -0.05) is 24.3 Å². The van der Waals surface area contributed by atoms with Crippen molar-refractivity contribution in [1.82, 2.24) is 0 Å². The van der Waals surface area contributed by atoms with Crippen LogP contribution in [0.5, 0.6) is 5.75 Å². The highest BCUT2D eigenvalue weighted by Gasteiger charge is 2.27. The van der Waals surface area contributed by atoms with Gasteiger partial charge in [-0.3, -0.25) is 9.10 Å². The second-order valence-electron chi connectivity index (χ2n) is 7.04. The molecule has 9 heteroatoms. The van der Waals surface area contributed by atoms with Crippen molar-refractivity contribution in [3.8, 4) is 5.75 Å². The lowest BCUT2D eigenvalue weighted by Crippen LogP contribution is -2.38. The molecule has 0 atom stereocenters. The van der Waals surface area contributed by atoms with Gasteiger partial charge >= 0.3 is 5.97 Å². The zero-order valence-corrected chi connectivity index (χ0v) is 19.3. The van der Waals surface area contributed by atoms with E-state index in [1.165, 1.54) is 26.4 Å². The molecule has 0 saturated carbocycles. The van der Waals surface area contributed by atoms with Crippen molar-refractivity contribution in [2.24, 2.45) is 0 Å². The van der Waals surface area contributed by atoms with Crippen molar-refractivity contribution in [3.05, 3.63) is 83.9 Å². The Bertz CT molecular complexity index is 1240. The Morgan fingerprint density at radius 2 is 1.58 bits per heavy atom. The van der Waals surface area contributed by atoms with Crippen LogP contribution >= 0.6 is 0 Å². The van der Waals surface area contributed by atoms with Gasteiger partial charge in [0.25, 0.3) is 10.0 Å². The summed E-state index contributed by atoms with van der Waals surface area (Å²) in [6.07, 6.45) is 0. The summed E-state index contributed by atoms with van der Waals surface area (Å²) in [4.78, 5) is 24.9. The van der Waals surface area contributed by atoms with Crippen molar-refractivity contribution in [2.45, 2.75) is 11.8 Å². The van der Waals surface area contributed by atoms with Crippen LogP contribution in [-0.2, 0) is 19.6 Å². The van der Waals surface area contributed by atoms with Gasteiger partial charge in [0.15, 0.2) is 0 Å². The number of hydrogen-bond donors (Lipinski definition) is 1. The monoisotopic (exact) mass is 468 g/mol. The van der Waals surface area contributed by atoms with Gasteiger partial charge in [-0.2, -0.15) is 0 Å². The zero-order valence-electron chi connectivity index (χ0n) is 18.4. The van der Waals surface area contributed by atoms with Crippen molar-refractivity contribution in [2.75, 3.05) is 30.4 Å². The molecule has 0 aromatic heterocycles. The number of nitrogens with zero attached hydrogens (tertiary/aromatic N) is 1. The summed E-state index contributed by atoms with van der Waals surface area (Å²) in [7, 11) is -1.26. The van der Waals surface area contributed by atoms with Crippen molar-refractivity contribution < 1.29 is 27.5 Å². The molecule has 0 bridgehead atoms. The first-order valence-electron chi connectivity index (χ1n) is 9.97. The Hall–Kier alpha value is -3.85. The molecule has 1 N–H and O–H groups in total. The van der Waals surface area contributed by atoms with E-state index in [0.29, 0.717) is 28.3 Å². The summed E-state index contributed by atoms with van der Waals surface area (Å²) in [5, 5.41) is 2.70. The molecule has 0 aliphatic rings. The van der Waals surface area contributed by atoms with Crippen LogP contribution in [0.2, 0.25) is 0 Å². The van der Waals surface area contributed by atoms with Crippen molar-refractivity contribution in [3.63, 3.8) is 0 Å². The smallest absolute Gasteiger partial charge is 0.338 e. The van der Waals surface area contributed by atoms with Gasteiger partial charge in [-0.05, 0) is 61.0 Å². The Balaban J connectivity index is 1.94. The predicted octanol–water partition coefficient (Wildman–Crippen LogP) is 3.62. The SMILES string of the molecule is COC(=O)c1cccc(NC(=O)CN(c2ccc(OC)cc2)S(=O)(=O)c2ccccc2)c1C. The highest BCUT2D eigenvalue weighted by Crippen LogP contribution is 2.26. The number of methoxy groups -OCH3 is 2. The maximum Gasteiger partial charge on any atom is 0.338 e. The van der Waals surface area contributed by atoms with Gasteiger partial charge in [-0.15, -0.1) is 0 Å². The van der Waals surface area contributed by atoms with Gasteiger partial charge in [0, 0.05) is 5.69 Å². The number of amides is 1. The lowest BCUT2D eigenvalue weighted by molar-refractivity contribution is -0.114. The summed E-state index contributed by atoms with van der Waals surface area (Å²) >= 11 is 0. The largest absolute Gasteiger partial charge is 0.497 e. The van der Waals surface area contributed by atoms with Crippen LogP contribution in [0.25, 0.3) is 0 Å². The summed E-state index contributed by atoms with van der Waals surface area (Å²) in [6, 6.07) is 19.0. The zero-order chi connectivity index (χ0) is 24.0. The van der Waals surface area contributed by atoms with Crippen LogP contribution in [0.15, 0.2) is 77.7 Å². The minimum atomic E-state index is -4.04. The second-order valence-corrected chi connectivity index (χ2v) is 8.90. The van der Waals surface area contributed by atoms with E-state index in [-0.39, 0.29) is 4.90 Å². The van der Waals surface area contributed by atoms with E-state index >= 15 is 0 Å². The molecule has 0 unspecified atom stereocenters. The molecular weight excluding hydrogens is 444 g/mol. The molecule has 0 aliphatic heterocycles. The van der Waals surface area contributed by atoms with Crippen LogP contribution in [0.3, 0.4) is 0 Å². The van der Waals surface area contributed by atoms with E-state index < -0.39 is 28.4 Å². The van der Waals surface area contributed by atoms with Gasteiger partial charge in [-0.25, -0.2) is 13.2 Å². The number of hydrogen-bond acceptors (Lipinski definition) is 6. The lowest BCUT2D eigenvalue weighted by Gasteiger charge is -2.24. The standard InChI is InChI=1S/C24H24N2O6S/c1-17-21(24(28)32-3)10-7-11-22(17)25-23(27)16-26(18-12-14-19(31-2)15-13-18)33(29,30)20-8-5-4-6-9-20/h4-15H,16H2,1-3H3,(H,25,27). The second kappa shape index (κ2) is 10.2. The Kier molecular flexibility index (Phi) is 7.34. The molecular formula is C24H24N2O6S. The average molecular weight is 469 g/mol. The number of benzene rings is 3. The van der Waals surface area contributed by atoms with Gasteiger partial charge in [0.2, 0.25) is 5.91 Å². The Morgan fingerprint density at radius 1 is 0.909 bits per heavy atom. The van der Waals surface area contributed by atoms with Crippen molar-refractivity contribution in [1.29, 1.82) is 0 Å². The van der Waals surface area contributed by atoms with Gasteiger partial charge in [0.1, 0.15) is 12.3 Å². The summed E-state index contributed by atoms with van der Waals surface area (Å²) in [5.74, 6) is -0.555. The molecule has 8 nitrogen and oxygen atoms in total. The average Bonchev–Trinajstić information content (AvgIpc) is 2.84. The van der Waals surface area contributed by atoms with E-state index in [1.807, 2.05) is 0 Å². The van der Waals surface area contributed by atoms with Crippen LogP contribution < -0.4 is 14.4 Å². The number of ether oxygens (including phenoxy) is 2. The summed E-state index contributed by atoms with van der Waals surface area (Å²) < 4.78 is 37.7. The van der Waals surface area contributed by atoms with E-state index in [2.05, 4.69) is 5.32 Å². The molecule has 33 heavy (non-hydrogen) atoms. The molecule has 172 valence electrons. The molecule has 0 saturated heterocycles. The van der Waals surface area contributed by atoms with Crippen molar-refractivity contribution >= 4 is 33.3 Å². The highest BCUT2D eigenvalue weighted by atomic mass is 32.2. The van der Waals surface area contributed by atoms with Crippen LogP contribution in [0.4, 0.5) is 11.4 Å². The molecule has 1 amide bonds. The number of rotatable bonds is 8. The Labute approximate surface area is 192 Å². The maximum atomic E-state index is 13.4. The number of anilines is 2. The molecule has 0 aliphatic carbocycles. The summed E-state index contributed by atoms with van der Waals surface area (Å²) in [6.45, 7) is 1.19. The van der Waals surface area contributed by atoms with E-state index in [9.17, 15) is 18.0 Å². The van der Waals surface area contributed by atoms with Crippen LogP contribution in [-0.4, -0.2) is 41.1 Å². The molecule has 0 fully saturated rings. The molecule has 3 aromatic rings. The topological polar surface area (TPSA) is 102 Å². The number of sulfonamides is 1. The van der Waals surface area contributed by atoms with Crippen LogP contribution in [0, 0.1) is 6.92 Å². The molecule has 0 radical (unpaired) electrons.